The van der Waals surface area contributed by atoms with Gasteiger partial charge in [-0.1, -0.05) is 6.07 Å². The van der Waals surface area contributed by atoms with Crippen molar-refractivity contribution in [2.24, 2.45) is 0 Å². The van der Waals surface area contributed by atoms with E-state index < -0.39 is 0 Å². The topological polar surface area (TPSA) is 51.5 Å². The lowest BCUT2D eigenvalue weighted by atomic mass is 10.2. The molecule has 0 heterocycles. The number of nitrogens with zero attached hydrogens (tertiary/aromatic N) is 1. The molecule has 0 saturated carbocycles. The van der Waals surface area contributed by atoms with E-state index in [0.29, 0.717) is 18.8 Å². The fourth-order valence-corrected chi connectivity index (χ4v) is 1.41. The Morgan fingerprint density at radius 1 is 1.11 bits per heavy atom. The van der Waals surface area contributed by atoms with Crippen molar-refractivity contribution in [1.82, 2.24) is 0 Å². The average Bonchev–Trinajstić information content (AvgIpc) is 2.42. The van der Waals surface area contributed by atoms with Crippen LogP contribution >= 0.6 is 0 Å². The molecule has 0 aliphatic carbocycles. The number of hydrogen-bond donors (Lipinski definition) is 0. The molecule has 4 nitrogen and oxygen atoms in total. The highest BCUT2D eigenvalue weighted by atomic mass is 16.5. The predicted octanol–water partition coefficient (Wildman–Crippen LogP) is 2.38. The van der Waals surface area contributed by atoms with Gasteiger partial charge in [0.2, 0.25) is 0 Å². The van der Waals surface area contributed by atoms with Crippen LogP contribution in [0.25, 0.3) is 0 Å². The summed E-state index contributed by atoms with van der Waals surface area (Å²) in [4.78, 5) is 0. The maximum absolute atomic E-state index is 8.74. The summed E-state index contributed by atoms with van der Waals surface area (Å²) in [6.45, 7) is 2.73. The molecule has 4 heteroatoms. The van der Waals surface area contributed by atoms with Gasteiger partial charge in [0.25, 0.3) is 0 Å². The summed E-state index contributed by atoms with van der Waals surface area (Å²) in [6.07, 6.45) is 1.76. The fourth-order valence-electron chi connectivity index (χ4n) is 1.41. The summed E-state index contributed by atoms with van der Waals surface area (Å²) < 4.78 is 15.8. The Balaban J connectivity index is 2.05. The molecule has 98 valence electrons. The molecule has 0 atom stereocenters. The molecule has 0 N–H and O–H groups in total. The number of hydrogen-bond acceptors (Lipinski definition) is 4. The van der Waals surface area contributed by atoms with Crippen LogP contribution in [0.4, 0.5) is 0 Å². The third kappa shape index (κ3) is 6.24. The summed E-state index contributed by atoms with van der Waals surface area (Å²) in [5.41, 5.74) is 0.614. The number of benzene rings is 1. The van der Waals surface area contributed by atoms with E-state index in [2.05, 4.69) is 6.07 Å². The van der Waals surface area contributed by atoms with Crippen molar-refractivity contribution in [2.45, 2.75) is 12.8 Å². The number of rotatable bonds is 9. The van der Waals surface area contributed by atoms with Gasteiger partial charge >= 0.3 is 0 Å². The Bertz CT molecular complexity index is 374. The molecular weight excluding hydrogens is 230 g/mol. The van der Waals surface area contributed by atoms with Crippen LogP contribution in [0, 0.1) is 11.3 Å². The van der Waals surface area contributed by atoms with Gasteiger partial charge in [-0.25, -0.2) is 0 Å². The van der Waals surface area contributed by atoms with E-state index in [1.165, 1.54) is 0 Å². The Morgan fingerprint density at radius 3 is 2.61 bits per heavy atom. The highest BCUT2D eigenvalue weighted by molar-refractivity contribution is 5.36. The molecular formula is C14H19NO3. The molecule has 0 saturated heterocycles. The van der Waals surface area contributed by atoms with E-state index in [4.69, 9.17) is 19.5 Å². The standard InChI is InChI=1S/C14H19NO3/c1-16-7-3-8-17-9-4-10-18-14-6-2-5-13(11-14)12-15/h2,5-6,11H,3-4,7-10H2,1H3. The summed E-state index contributed by atoms with van der Waals surface area (Å²) >= 11 is 0. The van der Waals surface area contributed by atoms with Gasteiger partial charge in [-0.05, 0) is 24.6 Å². The molecule has 1 rings (SSSR count). The lowest BCUT2D eigenvalue weighted by Gasteiger charge is -2.07. The Morgan fingerprint density at radius 2 is 1.89 bits per heavy atom. The third-order valence-corrected chi connectivity index (χ3v) is 2.30. The Labute approximate surface area is 108 Å². The van der Waals surface area contributed by atoms with Crippen molar-refractivity contribution in [3.8, 4) is 11.8 Å². The molecule has 0 bridgehead atoms. The SMILES string of the molecule is COCCCOCCCOc1cccc(C#N)c1. The van der Waals surface area contributed by atoms with Gasteiger partial charge in [0.05, 0.1) is 18.2 Å². The van der Waals surface area contributed by atoms with E-state index in [-0.39, 0.29) is 0 Å². The quantitative estimate of drug-likeness (QED) is 0.630. The van der Waals surface area contributed by atoms with Crippen LogP contribution in [0.3, 0.4) is 0 Å². The molecule has 18 heavy (non-hydrogen) atoms. The van der Waals surface area contributed by atoms with E-state index >= 15 is 0 Å². The molecule has 1 aromatic carbocycles. The highest BCUT2D eigenvalue weighted by Gasteiger charge is 1.96. The number of methoxy groups -OCH3 is 1. The highest BCUT2D eigenvalue weighted by Crippen LogP contribution is 2.12. The first-order valence-electron chi connectivity index (χ1n) is 6.06. The Hall–Kier alpha value is -1.57. The second kappa shape index (κ2) is 9.46. The van der Waals surface area contributed by atoms with Crippen LogP contribution in [0.5, 0.6) is 5.75 Å². The largest absolute Gasteiger partial charge is 0.493 e. The van der Waals surface area contributed by atoms with Gasteiger partial charge in [-0.2, -0.15) is 5.26 Å². The van der Waals surface area contributed by atoms with Crippen molar-refractivity contribution < 1.29 is 14.2 Å². The average molecular weight is 249 g/mol. The summed E-state index contributed by atoms with van der Waals surface area (Å²) in [5.74, 6) is 0.730. The Kier molecular flexibility index (Phi) is 7.61. The minimum Gasteiger partial charge on any atom is -0.493 e. The van der Waals surface area contributed by atoms with Gasteiger partial charge < -0.3 is 14.2 Å². The molecule has 0 radical (unpaired) electrons. The van der Waals surface area contributed by atoms with Crippen molar-refractivity contribution >= 4 is 0 Å². The number of ether oxygens (including phenoxy) is 3. The van der Waals surface area contributed by atoms with Crippen LogP contribution in [0.2, 0.25) is 0 Å². The van der Waals surface area contributed by atoms with Crippen LogP contribution in [0.15, 0.2) is 24.3 Å². The summed E-state index contributed by atoms with van der Waals surface area (Å²) in [7, 11) is 1.68. The van der Waals surface area contributed by atoms with Gasteiger partial charge in [0.1, 0.15) is 5.75 Å². The predicted molar refractivity (Wildman–Crippen MR) is 68.6 cm³/mol. The molecule has 0 aromatic heterocycles. The normalized spacial score (nSPS) is 10.0. The van der Waals surface area contributed by atoms with E-state index in [9.17, 15) is 0 Å². The molecule has 1 aromatic rings. The first-order valence-corrected chi connectivity index (χ1v) is 6.06. The first-order chi connectivity index (χ1) is 8.86. The third-order valence-electron chi connectivity index (χ3n) is 2.30. The molecule has 0 aliphatic heterocycles. The maximum atomic E-state index is 8.74. The van der Waals surface area contributed by atoms with Crippen LogP contribution in [-0.4, -0.2) is 33.5 Å². The van der Waals surface area contributed by atoms with Crippen LogP contribution in [-0.2, 0) is 9.47 Å². The van der Waals surface area contributed by atoms with Crippen molar-refractivity contribution in [3.63, 3.8) is 0 Å². The second-order valence-electron chi connectivity index (χ2n) is 3.80. The lowest BCUT2D eigenvalue weighted by Crippen LogP contribution is -2.05. The monoisotopic (exact) mass is 249 g/mol. The first kappa shape index (κ1) is 14.5. The zero-order chi connectivity index (χ0) is 13.1. The van der Waals surface area contributed by atoms with E-state index in [0.717, 1.165) is 31.8 Å². The smallest absolute Gasteiger partial charge is 0.120 e. The van der Waals surface area contributed by atoms with E-state index in [1.54, 1.807) is 19.2 Å². The van der Waals surface area contributed by atoms with Crippen LogP contribution in [0.1, 0.15) is 18.4 Å². The van der Waals surface area contributed by atoms with Crippen LogP contribution < -0.4 is 4.74 Å². The van der Waals surface area contributed by atoms with Gasteiger partial charge in [-0.15, -0.1) is 0 Å². The second-order valence-corrected chi connectivity index (χ2v) is 3.80. The lowest BCUT2D eigenvalue weighted by molar-refractivity contribution is 0.0940. The maximum Gasteiger partial charge on any atom is 0.120 e. The number of nitriles is 1. The van der Waals surface area contributed by atoms with E-state index in [1.807, 2.05) is 12.1 Å². The molecule has 0 fully saturated rings. The van der Waals surface area contributed by atoms with Crippen molar-refractivity contribution in [2.75, 3.05) is 33.5 Å². The van der Waals surface area contributed by atoms with Gasteiger partial charge in [-0.3, -0.25) is 0 Å². The van der Waals surface area contributed by atoms with Gasteiger partial charge in [0.15, 0.2) is 0 Å². The zero-order valence-corrected chi connectivity index (χ0v) is 10.7. The molecule has 0 spiro atoms. The van der Waals surface area contributed by atoms with Gasteiger partial charge in [0, 0.05) is 33.4 Å². The molecule has 0 aliphatic rings. The molecule has 0 unspecified atom stereocenters. The summed E-state index contributed by atoms with van der Waals surface area (Å²) in [5, 5.41) is 8.74. The van der Waals surface area contributed by atoms with Crippen molar-refractivity contribution in [3.05, 3.63) is 29.8 Å². The minimum absolute atomic E-state index is 0.596. The molecule has 0 amide bonds. The minimum atomic E-state index is 0.596. The van der Waals surface area contributed by atoms with Crippen molar-refractivity contribution in [1.29, 1.82) is 5.26 Å². The zero-order valence-electron chi connectivity index (χ0n) is 10.7. The fraction of sp³-hybridized carbons (Fsp3) is 0.500. The summed E-state index contributed by atoms with van der Waals surface area (Å²) in [6, 6.07) is 9.23.